The maximum Gasteiger partial charge on any atom is 0.306 e. The minimum absolute atomic E-state index is 0.0346. The third-order valence-corrected chi connectivity index (χ3v) is 13.0. The summed E-state index contributed by atoms with van der Waals surface area (Å²) in [5.74, 6) is -0.530. The lowest BCUT2D eigenvalue weighted by molar-refractivity contribution is -0.151. The van der Waals surface area contributed by atoms with Crippen molar-refractivity contribution in [3.05, 3.63) is 48.6 Å². The summed E-state index contributed by atoms with van der Waals surface area (Å²) in [6.45, 7) is 6.35. The Hall–Kier alpha value is -2.18. The smallest absolute Gasteiger partial charge is 0.306 e. The number of nitrogens with one attached hydrogen (secondary N) is 1. The van der Waals surface area contributed by atoms with Gasteiger partial charge in [0.15, 0.2) is 0 Å². The molecule has 0 aliphatic carbocycles. The first-order chi connectivity index (χ1) is 32.0. The molecule has 0 aromatic rings. The molecule has 3 N–H and O–H groups in total. The Morgan fingerprint density at radius 1 is 0.462 bits per heavy atom. The first-order valence-electron chi connectivity index (χ1n) is 28.4. The van der Waals surface area contributed by atoms with E-state index in [-0.39, 0.29) is 24.9 Å². The summed E-state index contributed by atoms with van der Waals surface area (Å²) < 4.78 is 5.91. The van der Waals surface area contributed by atoms with Crippen LogP contribution in [0.5, 0.6) is 0 Å². The van der Waals surface area contributed by atoms with Gasteiger partial charge in [-0.15, -0.1) is 0 Å². The molecule has 65 heavy (non-hydrogen) atoms. The zero-order valence-corrected chi connectivity index (χ0v) is 43.4. The van der Waals surface area contributed by atoms with Gasteiger partial charge in [-0.25, -0.2) is 0 Å². The minimum Gasteiger partial charge on any atom is -0.462 e. The van der Waals surface area contributed by atoms with Gasteiger partial charge in [0.05, 0.1) is 25.2 Å². The fraction of sp³-hybridized carbons (Fsp3) is 0.831. The molecular formula is C59H109NO5. The van der Waals surface area contributed by atoms with E-state index in [2.05, 4.69) is 38.2 Å². The van der Waals surface area contributed by atoms with Gasteiger partial charge in [0.25, 0.3) is 0 Å². The van der Waals surface area contributed by atoms with Crippen LogP contribution in [0.25, 0.3) is 0 Å². The number of hydrogen-bond acceptors (Lipinski definition) is 5. The quantitative estimate of drug-likeness (QED) is 0.0321. The van der Waals surface area contributed by atoms with Gasteiger partial charge in [0, 0.05) is 6.42 Å². The molecule has 0 aliphatic rings. The SMILES string of the molecule is CC/C=C/C=C/C=C\C=C/CCCC(CC(=O)NC(CO)C(O)CCCCCCCCCCCCCCCCCCC)OC(=O)CCCCCCCCCCCCCCCCCCCC. The fourth-order valence-electron chi connectivity index (χ4n) is 8.74. The average molecular weight is 913 g/mol. The molecule has 0 aromatic carbocycles. The van der Waals surface area contributed by atoms with E-state index in [1.165, 1.54) is 186 Å². The van der Waals surface area contributed by atoms with Crippen molar-refractivity contribution in [2.75, 3.05) is 6.61 Å². The van der Waals surface area contributed by atoms with Crippen molar-refractivity contribution in [1.82, 2.24) is 5.32 Å². The molecule has 6 nitrogen and oxygen atoms in total. The van der Waals surface area contributed by atoms with Crippen molar-refractivity contribution in [3.8, 4) is 0 Å². The van der Waals surface area contributed by atoms with Gasteiger partial charge in [-0.05, 0) is 38.5 Å². The second-order valence-electron chi connectivity index (χ2n) is 19.4. The lowest BCUT2D eigenvalue weighted by atomic mass is 10.0. The highest BCUT2D eigenvalue weighted by Crippen LogP contribution is 2.18. The number of hydrogen-bond donors (Lipinski definition) is 3. The number of aliphatic hydroxyl groups is 2. The van der Waals surface area contributed by atoms with Gasteiger partial charge in [0.2, 0.25) is 5.91 Å². The molecular weight excluding hydrogens is 803 g/mol. The van der Waals surface area contributed by atoms with E-state index >= 15 is 0 Å². The van der Waals surface area contributed by atoms with Crippen LogP contribution in [0.15, 0.2) is 48.6 Å². The minimum atomic E-state index is -0.804. The zero-order chi connectivity index (χ0) is 47.4. The van der Waals surface area contributed by atoms with Crippen LogP contribution in [-0.2, 0) is 14.3 Å². The predicted octanol–water partition coefficient (Wildman–Crippen LogP) is 17.4. The number of rotatable bonds is 51. The Bertz CT molecular complexity index is 1110. The van der Waals surface area contributed by atoms with Crippen LogP contribution in [0.3, 0.4) is 0 Å². The standard InChI is InChI=1S/C59H109NO5/c1-4-7-10-13-16-19-22-24-26-28-30-32-34-37-40-43-46-49-52-59(64)65-55(50-47-44-41-38-35-21-18-15-12-9-6-3)53-58(63)60-56(54-61)57(62)51-48-45-42-39-36-33-31-29-27-25-23-20-17-14-11-8-5-2/h9,12,15,18,21,35,38,41,55-57,61-62H,4-8,10-11,13-14,16-17,19-20,22-34,36-37,39-40,42-54H2,1-3H3,(H,60,63)/b12-9+,18-15+,35-21-,41-38-. The molecule has 0 rings (SSSR count). The van der Waals surface area contributed by atoms with Crippen molar-refractivity contribution in [1.29, 1.82) is 0 Å². The van der Waals surface area contributed by atoms with Gasteiger partial charge >= 0.3 is 5.97 Å². The number of esters is 1. The summed E-state index contributed by atoms with van der Waals surface area (Å²) in [6, 6.07) is -0.721. The maximum absolute atomic E-state index is 13.2. The topological polar surface area (TPSA) is 95.9 Å². The van der Waals surface area contributed by atoms with Crippen molar-refractivity contribution in [3.63, 3.8) is 0 Å². The van der Waals surface area contributed by atoms with Gasteiger partial charge in [-0.2, -0.15) is 0 Å². The van der Waals surface area contributed by atoms with Crippen LogP contribution in [0.1, 0.15) is 290 Å². The second-order valence-corrected chi connectivity index (χ2v) is 19.4. The van der Waals surface area contributed by atoms with Crippen LogP contribution in [0, 0.1) is 0 Å². The number of carbonyl (C=O) groups excluding carboxylic acids is 2. The summed E-state index contributed by atoms with van der Waals surface area (Å²) in [6.07, 6.45) is 64.8. The Balaban J connectivity index is 4.47. The summed E-state index contributed by atoms with van der Waals surface area (Å²) in [5, 5.41) is 23.8. The zero-order valence-electron chi connectivity index (χ0n) is 43.4. The number of ether oxygens (including phenoxy) is 1. The lowest BCUT2D eigenvalue weighted by Gasteiger charge is -2.24. The maximum atomic E-state index is 13.2. The second kappa shape index (κ2) is 52.8. The monoisotopic (exact) mass is 912 g/mol. The molecule has 3 atom stereocenters. The molecule has 0 aromatic heterocycles. The highest BCUT2D eigenvalue weighted by molar-refractivity contribution is 5.77. The fourth-order valence-corrected chi connectivity index (χ4v) is 8.74. The van der Waals surface area contributed by atoms with Crippen molar-refractivity contribution < 1.29 is 24.5 Å². The largest absolute Gasteiger partial charge is 0.462 e. The molecule has 1 amide bonds. The van der Waals surface area contributed by atoms with Gasteiger partial charge < -0.3 is 20.3 Å². The van der Waals surface area contributed by atoms with E-state index in [4.69, 9.17) is 4.74 Å². The van der Waals surface area contributed by atoms with E-state index in [0.29, 0.717) is 19.3 Å². The number of allylic oxidation sites excluding steroid dienone is 8. The molecule has 0 radical (unpaired) electrons. The summed E-state index contributed by atoms with van der Waals surface area (Å²) >= 11 is 0. The third kappa shape index (κ3) is 48.1. The molecule has 0 saturated heterocycles. The van der Waals surface area contributed by atoms with Crippen LogP contribution in [-0.4, -0.2) is 46.9 Å². The third-order valence-electron chi connectivity index (χ3n) is 13.0. The summed E-state index contributed by atoms with van der Waals surface area (Å²) in [7, 11) is 0. The Morgan fingerprint density at radius 3 is 1.23 bits per heavy atom. The van der Waals surface area contributed by atoms with E-state index in [1.807, 2.05) is 36.5 Å². The Morgan fingerprint density at radius 2 is 0.831 bits per heavy atom. The first-order valence-corrected chi connectivity index (χ1v) is 28.4. The van der Waals surface area contributed by atoms with Crippen LogP contribution >= 0.6 is 0 Å². The molecule has 0 bridgehead atoms. The van der Waals surface area contributed by atoms with E-state index < -0.39 is 18.2 Å². The lowest BCUT2D eigenvalue weighted by Crippen LogP contribution is -2.46. The van der Waals surface area contributed by atoms with Crippen molar-refractivity contribution >= 4 is 11.9 Å². The Kier molecular flexibility index (Phi) is 51.0. The summed E-state index contributed by atoms with van der Waals surface area (Å²) in [4.78, 5) is 26.2. The molecule has 0 spiro atoms. The van der Waals surface area contributed by atoms with Gasteiger partial charge in [-0.1, -0.05) is 288 Å². The molecule has 0 saturated carbocycles. The normalized spacial score (nSPS) is 13.5. The first kappa shape index (κ1) is 62.8. The summed E-state index contributed by atoms with van der Waals surface area (Å²) in [5.41, 5.74) is 0. The molecule has 0 fully saturated rings. The Labute approximate surface area is 404 Å². The highest BCUT2D eigenvalue weighted by atomic mass is 16.5. The molecule has 0 heterocycles. The van der Waals surface area contributed by atoms with Gasteiger partial charge in [-0.3, -0.25) is 9.59 Å². The van der Waals surface area contributed by atoms with Crippen LogP contribution in [0.2, 0.25) is 0 Å². The number of carbonyl (C=O) groups is 2. The van der Waals surface area contributed by atoms with Crippen LogP contribution in [0.4, 0.5) is 0 Å². The van der Waals surface area contributed by atoms with Gasteiger partial charge in [0.1, 0.15) is 6.10 Å². The molecule has 3 unspecified atom stereocenters. The van der Waals surface area contributed by atoms with Crippen molar-refractivity contribution in [2.24, 2.45) is 0 Å². The number of amides is 1. The molecule has 380 valence electrons. The van der Waals surface area contributed by atoms with Crippen molar-refractivity contribution in [2.45, 2.75) is 309 Å². The van der Waals surface area contributed by atoms with E-state index in [0.717, 1.165) is 57.8 Å². The number of unbranched alkanes of at least 4 members (excludes halogenated alkanes) is 34. The number of aliphatic hydroxyl groups excluding tert-OH is 2. The highest BCUT2D eigenvalue weighted by Gasteiger charge is 2.24. The predicted molar refractivity (Wildman–Crippen MR) is 282 cm³/mol. The average Bonchev–Trinajstić information content (AvgIpc) is 3.30. The molecule has 0 aliphatic heterocycles. The van der Waals surface area contributed by atoms with E-state index in [1.54, 1.807) is 0 Å². The van der Waals surface area contributed by atoms with Crippen LogP contribution < -0.4 is 5.32 Å². The molecule has 6 heteroatoms. The van der Waals surface area contributed by atoms with E-state index in [9.17, 15) is 19.8 Å².